The summed E-state index contributed by atoms with van der Waals surface area (Å²) in [5, 5.41) is 9.56. The SMILES string of the molecule is Cc1ccc(-c2ccc(=O)n(C(C)C(=O)Nc3cc(F)cc(F)c3)n2)cc1NC(=O)C(C)C. The molecule has 3 aromatic rings. The summed E-state index contributed by atoms with van der Waals surface area (Å²) in [6.07, 6.45) is 0. The minimum absolute atomic E-state index is 0.0716. The fourth-order valence-corrected chi connectivity index (χ4v) is 3.03. The van der Waals surface area contributed by atoms with Gasteiger partial charge in [0.2, 0.25) is 11.8 Å². The van der Waals surface area contributed by atoms with Gasteiger partial charge in [0.05, 0.1) is 5.69 Å². The Balaban J connectivity index is 1.89. The molecule has 7 nitrogen and oxygen atoms in total. The lowest BCUT2D eigenvalue weighted by atomic mass is 10.1. The van der Waals surface area contributed by atoms with E-state index in [1.165, 1.54) is 19.1 Å². The fourth-order valence-electron chi connectivity index (χ4n) is 3.03. The van der Waals surface area contributed by atoms with Gasteiger partial charge in [-0.15, -0.1) is 0 Å². The Morgan fingerprint density at radius 2 is 1.58 bits per heavy atom. The lowest BCUT2D eigenvalue weighted by Gasteiger charge is -2.16. The van der Waals surface area contributed by atoms with Crippen LogP contribution in [-0.2, 0) is 9.59 Å². The average Bonchev–Trinajstić information content (AvgIpc) is 2.74. The van der Waals surface area contributed by atoms with Gasteiger partial charge in [-0.1, -0.05) is 26.0 Å². The standard InChI is InChI=1S/C24H24F2N4O3/c1-13(2)23(32)28-21-9-16(6-5-14(21)3)20-7-8-22(31)30(29-20)15(4)24(33)27-19-11-17(25)10-18(26)12-19/h5-13,15H,1-4H3,(H,27,33)(H,28,32). The van der Waals surface area contributed by atoms with Crippen molar-refractivity contribution in [2.45, 2.75) is 33.7 Å². The molecule has 3 rings (SSSR count). The number of halogens is 2. The summed E-state index contributed by atoms with van der Waals surface area (Å²) in [5.74, 6) is -2.67. The maximum absolute atomic E-state index is 13.4. The lowest BCUT2D eigenvalue weighted by Crippen LogP contribution is -2.33. The zero-order valence-corrected chi connectivity index (χ0v) is 18.6. The minimum Gasteiger partial charge on any atom is -0.326 e. The Labute approximate surface area is 189 Å². The average molecular weight is 454 g/mol. The first kappa shape index (κ1) is 23.8. The first-order chi connectivity index (χ1) is 15.5. The summed E-state index contributed by atoms with van der Waals surface area (Å²) in [4.78, 5) is 37.1. The number of aromatic nitrogens is 2. The zero-order valence-electron chi connectivity index (χ0n) is 18.6. The number of nitrogens with one attached hydrogen (secondary N) is 2. The zero-order chi connectivity index (χ0) is 24.3. The highest BCUT2D eigenvalue weighted by atomic mass is 19.1. The van der Waals surface area contributed by atoms with Crippen LogP contribution in [0.25, 0.3) is 11.3 Å². The molecular weight excluding hydrogens is 430 g/mol. The molecule has 2 amide bonds. The van der Waals surface area contributed by atoms with E-state index in [1.807, 2.05) is 13.0 Å². The number of rotatable bonds is 6. The molecule has 2 aromatic carbocycles. The molecule has 0 fully saturated rings. The molecule has 0 saturated carbocycles. The molecule has 1 atom stereocenters. The topological polar surface area (TPSA) is 93.1 Å². The summed E-state index contributed by atoms with van der Waals surface area (Å²) >= 11 is 0. The van der Waals surface area contributed by atoms with Crippen molar-refractivity contribution in [1.29, 1.82) is 0 Å². The lowest BCUT2D eigenvalue weighted by molar-refractivity contribution is -0.119. The summed E-state index contributed by atoms with van der Waals surface area (Å²) in [6.45, 7) is 6.88. The molecule has 0 aliphatic rings. The minimum atomic E-state index is -1.06. The van der Waals surface area contributed by atoms with E-state index in [1.54, 1.807) is 26.0 Å². The van der Waals surface area contributed by atoms with Crippen LogP contribution < -0.4 is 16.2 Å². The highest BCUT2D eigenvalue weighted by Gasteiger charge is 2.19. The molecule has 1 heterocycles. The van der Waals surface area contributed by atoms with Crippen molar-refractivity contribution in [1.82, 2.24) is 9.78 Å². The smallest absolute Gasteiger partial charge is 0.267 e. The molecule has 0 bridgehead atoms. The number of anilines is 2. The van der Waals surface area contributed by atoms with Gasteiger partial charge >= 0.3 is 0 Å². The fraction of sp³-hybridized carbons (Fsp3) is 0.250. The molecule has 1 unspecified atom stereocenters. The van der Waals surface area contributed by atoms with Crippen LogP contribution in [0.1, 0.15) is 32.4 Å². The van der Waals surface area contributed by atoms with Crippen LogP contribution in [0.15, 0.2) is 53.3 Å². The number of nitrogens with zero attached hydrogens (tertiary/aromatic N) is 2. The molecular formula is C24H24F2N4O3. The van der Waals surface area contributed by atoms with Crippen LogP contribution in [0, 0.1) is 24.5 Å². The van der Waals surface area contributed by atoms with Crippen molar-refractivity contribution >= 4 is 23.2 Å². The van der Waals surface area contributed by atoms with Crippen LogP contribution >= 0.6 is 0 Å². The van der Waals surface area contributed by atoms with Gasteiger partial charge in [0.15, 0.2) is 0 Å². The quantitative estimate of drug-likeness (QED) is 0.581. The maximum atomic E-state index is 13.4. The monoisotopic (exact) mass is 454 g/mol. The molecule has 0 saturated heterocycles. The third-order valence-electron chi connectivity index (χ3n) is 5.02. The van der Waals surface area contributed by atoms with E-state index in [2.05, 4.69) is 15.7 Å². The van der Waals surface area contributed by atoms with Gasteiger partial charge in [-0.3, -0.25) is 14.4 Å². The molecule has 1 aromatic heterocycles. The second-order valence-electron chi connectivity index (χ2n) is 8.00. The summed E-state index contributed by atoms with van der Waals surface area (Å²) in [7, 11) is 0. The number of carbonyl (C=O) groups is 2. The molecule has 9 heteroatoms. The van der Waals surface area contributed by atoms with Crippen molar-refractivity contribution in [3.8, 4) is 11.3 Å². The highest BCUT2D eigenvalue weighted by molar-refractivity contribution is 5.94. The van der Waals surface area contributed by atoms with Crippen LogP contribution in [0.5, 0.6) is 0 Å². The van der Waals surface area contributed by atoms with Gasteiger partial charge in [-0.2, -0.15) is 5.10 Å². The number of aryl methyl sites for hydroxylation is 1. The van der Waals surface area contributed by atoms with E-state index in [0.29, 0.717) is 23.0 Å². The number of hydrogen-bond acceptors (Lipinski definition) is 4. The predicted molar refractivity (Wildman–Crippen MR) is 122 cm³/mol. The Hall–Kier alpha value is -3.88. The van der Waals surface area contributed by atoms with E-state index < -0.39 is 29.1 Å². The largest absolute Gasteiger partial charge is 0.326 e. The van der Waals surface area contributed by atoms with E-state index in [-0.39, 0.29) is 17.5 Å². The Morgan fingerprint density at radius 1 is 0.909 bits per heavy atom. The van der Waals surface area contributed by atoms with Crippen LogP contribution in [-0.4, -0.2) is 21.6 Å². The molecule has 2 N–H and O–H groups in total. The van der Waals surface area contributed by atoms with Gasteiger partial charge in [-0.05, 0) is 43.7 Å². The van der Waals surface area contributed by atoms with Crippen LogP contribution in [0.3, 0.4) is 0 Å². The Morgan fingerprint density at radius 3 is 2.21 bits per heavy atom. The van der Waals surface area contributed by atoms with E-state index >= 15 is 0 Å². The molecule has 0 spiro atoms. The number of benzene rings is 2. The summed E-state index contributed by atoms with van der Waals surface area (Å²) < 4.78 is 27.8. The summed E-state index contributed by atoms with van der Waals surface area (Å²) in [6, 6.07) is 9.72. The van der Waals surface area contributed by atoms with Gasteiger partial charge < -0.3 is 10.6 Å². The van der Waals surface area contributed by atoms with Crippen molar-refractivity contribution in [2.24, 2.45) is 5.92 Å². The Kier molecular flexibility index (Phi) is 7.01. The first-order valence-corrected chi connectivity index (χ1v) is 10.3. The van der Waals surface area contributed by atoms with Gasteiger partial charge in [0.25, 0.3) is 5.56 Å². The third kappa shape index (κ3) is 5.68. The normalized spacial score (nSPS) is 11.8. The van der Waals surface area contributed by atoms with Crippen LogP contribution in [0.2, 0.25) is 0 Å². The Bertz CT molecular complexity index is 1250. The third-order valence-corrected chi connectivity index (χ3v) is 5.02. The molecule has 0 aliphatic heterocycles. The van der Waals surface area contributed by atoms with Gasteiger partial charge in [0, 0.05) is 35.0 Å². The van der Waals surface area contributed by atoms with E-state index in [0.717, 1.165) is 22.4 Å². The number of hydrogen-bond donors (Lipinski definition) is 2. The first-order valence-electron chi connectivity index (χ1n) is 10.3. The van der Waals surface area contributed by atoms with Crippen molar-refractivity contribution in [2.75, 3.05) is 10.6 Å². The number of amides is 2. The van der Waals surface area contributed by atoms with Crippen molar-refractivity contribution < 1.29 is 18.4 Å². The second-order valence-corrected chi connectivity index (χ2v) is 8.00. The predicted octanol–water partition coefficient (Wildman–Crippen LogP) is 4.29. The van der Waals surface area contributed by atoms with E-state index in [9.17, 15) is 23.2 Å². The molecule has 33 heavy (non-hydrogen) atoms. The van der Waals surface area contributed by atoms with Crippen LogP contribution in [0.4, 0.5) is 20.2 Å². The maximum Gasteiger partial charge on any atom is 0.267 e. The summed E-state index contributed by atoms with van der Waals surface area (Å²) in [5.41, 5.74) is 1.92. The van der Waals surface area contributed by atoms with Gasteiger partial charge in [-0.25, -0.2) is 13.5 Å². The van der Waals surface area contributed by atoms with E-state index in [4.69, 9.17) is 0 Å². The molecule has 172 valence electrons. The van der Waals surface area contributed by atoms with Crippen molar-refractivity contribution in [3.05, 3.63) is 76.1 Å². The van der Waals surface area contributed by atoms with Crippen molar-refractivity contribution in [3.63, 3.8) is 0 Å². The molecule has 0 radical (unpaired) electrons. The van der Waals surface area contributed by atoms with Gasteiger partial charge in [0.1, 0.15) is 17.7 Å². The highest BCUT2D eigenvalue weighted by Crippen LogP contribution is 2.24. The molecule has 0 aliphatic carbocycles. The second kappa shape index (κ2) is 9.72. The number of carbonyl (C=O) groups excluding carboxylic acids is 2.